The van der Waals surface area contributed by atoms with Crippen LogP contribution in [0.25, 0.3) is 0 Å². The minimum Gasteiger partial charge on any atom is -0.481 e. The fraction of sp³-hybridized carbons (Fsp3) is 0.400. The minimum atomic E-state index is -0.0954. The van der Waals surface area contributed by atoms with Gasteiger partial charge in [0, 0.05) is 30.3 Å². The van der Waals surface area contributed by atoms with Crippen molar-refractivity contribution in [2.75, 3.05) is 12.4 Å². The molecule has 2 heterocycles. The molecule has 21 heavy (non-hydrogen) atoms. The second kappa shape index (κ2) is 6.39. The number of hydrogen-bond acceptors (Lipinski definition) is 5. The molecular formula is C15H19BrN4O. The van der Waals surface area contributed by atoms with Gasteiger partial charge < -0.3 is 10.1 Å². The summed E-state index contributed by atoms with van der Waals surface area (Å²) in [5.74, 6) is 2.20. The zero-order valence-electron chi connectivity index (χ0n) is 12.6. The maximum Gasteiger partial charge on any atom is 0.212 e. The monoisotopic (exact) mass is 350 g/mol. The molecule has 0 saturated heterocycles. The number of hydrogen-bond donors (Lipinski definition) is 1. The molecule has 2 aromatic rings. The van der Waals surface area contributed by atoms with E-state index in [1.54, 1.807) is 13.3 Å². The summed E-state index contributed by atoms with van der Waals surface area (Å²) in [5, 5.41) is 3.29. The Hall–Kier alpha value is -1.69. The molecule has 0 fully saturated rings. The van der Waals surface area contributed by atoms with Gasteiger partial charge in [0.15, 0.2) is 0 Å². The Morgan fingerprint density at radius 1 is 1.24 bits per heavy atom. The van der Waals surface area contributed by atoms with E-state index in [-0.39, 0.29) is 5.41 Å². The first-order valence-corrected chi connectivity index (χ1v) is 7.45. The van der Waals surface area contributed by atoms with Crippen LogP contribution in [0, 0.1) is 0 Å². The summed E-state index contributed by atoms with van der Waals surface area (Å²) in [6, 6.07) is 5.68. The molecule has 0 atom stereocenters. The van der Waals surface area contributed by atoms with Crippen LogP contribution in [-0.2, 0) is 12.0 Å². The highest BCUT2D eigenvalue weighted by Gasteiger charge is 2.18. The average Bonchev–Trinajstić information content (AvgIpc) is 2.44. The van der Waals surface area contributed by atoms with Gasteiger partial charge in [-0.3, -0.25) is 0 Å². The number of halogens is 1. The first-order valence-electron chi connectivity index (χ1n) is 6.66. The van der Waals surface area contributed by atoms with E-state index in [1.165, 1.54) is 0 Å². The van der Waals surface area contributed by atoms with E-state index in [2.05, 4.69) is 57.0 Å². The van der Waals surface area contributed by atoms with Gasteiger partial charge in [0.2, 0.25) is 5.88 Å². The van der Waals surface area contributed by atoms with E-state index in [4.69, 9.17) is 4.74 Å². The summed E-state index contributed by atoms with van der Waals surface area (Å²) in [4.78, 5) is 13.2. The van der Waals surface area contributed by atoms with Crippen LogP contribution in [-0.4, -0.2) is 22.1 Å². The van der Waals surface area contributed by atoms with Crippen LogP contribution >= 0.6 is 15.9 Å². The Kier molecular flexibility index (Phi) is 4.77. The third-order valence-corrected chi connectivity index (χ3v) is 3.25. The Morgan fingerprint density at radius 3 is 2.57 bits per heavy atom. The fourth-order valence-electron chi connectivity index (χ4n) is 1.67. The molecular weight excluding hydrogens is 332 g/mol. The van der Waals surface area contributed by atoms with Crippen LogP contribution in [0.15, 0.2) is 29.0 Å². The van der Waals surface area contributed by atoms with E-state index >= 15 is 0 Å². The number of methoxy groups -OCH3 is 1. The van der Waals surface area contributed by atoms with Gasteiger partial charge in [-0.2, -0.15) is 0 Å². The van der Waals surface area contributed by atoms with Gasteiger partial charge in [-0.05, 0) is 21.5 Å². The van der Waals surface area contributed by atoms with Crippen LogP contribution in [0.2, 0.25) is 0 Å². The molecule has 0 aromatic carbocycles. The second-order valence-corrected chi connectivity index (χ2v) is 6.52. The third kappa shape index (κ3) is 4.39. The van der Waals surface area contributed by atoms with E-state index in [0.29, 0.717) is 12.4 Å². The second-order valence-electron chi connectivity index (χ2n) is 5.71. The molecule has 5 nitrogen and oxygen atoms in total. The summed E-state index contributed by atoms with van der Waals surface area (Å²) >= 11 is 3.43. The fourth-order valence-corrected chi connectivity index (χ4v) is 2.06. The largest absolute Gasteiger partial charge is 0.481 e. The summed E-state index contributed by atoms with van der Waals surface area (Å²) in [7, 11) is 1.60. The van der Waals surface area contributed by atoms with Crippen molar-refractivity contribution in [1.29, 1.82) is 0 Å². The minimum absolute atomic E-state index is 0.0954. The van der Waals surface area contributed by atoms with E-state index < -0.39 is 0 Å². The van der Waals surface area contributed by atoms with Crippen molar-refractivity contribution in [2.45, 2.75) is 32.7 Å². The molecule has 2 aromatic heterocycles. The Balaban J connectivity index is 2.10. The van der Waals surface area contributed by atoms with Crippen molar-refractivity contribution >= 4 is 21.7 Å². The van der Waals surface area contributed by atoms with Crippen LogP contribution in [0.1, 0.15) is 32.2 Å². The molecule has 0 bridgehead atoms. The molecule has 0 aliphatic heterocycles. The van der Waals surface area contributed by atoms with Crippen molar-refractivity contribution in [3.63, 3.8) is 0 Å². The molecule has 2 rings (SSSR count). The van der Waals surface area contributed by atoms with Gasteiger partial charge in [-0.25, -0.2) is 15.0 Å². The lowest BCUT2D eigenvalue weighted by molar-refractivity contribution is 0.397. The number of aromatic nitrogens is 3. The molecule has 6 heteroatoms. The summed E-state index contributed by atoms with van der Waals surface area (Å²) in [6.07, 6.45) is 1.78. The predicted octanol–water partition coefficient (Wildman–Crippen LogP) is 3.55. The molecule has 112 valence electrons. The molecule has 0 amide bonds. The first kappa shape index (κ1) is 15.7. The SMILES string of the molecule is COc1ccc(CNc2cc(Br)nc(C(C)(C)C)n2)cn1. The van der Waals surface area contributed by atoms with Crippen LogP contribution in [0.5, 0.6) is 5.88 Å². The van der Waals surface area contributed by atoms with Crippen molar-refractivity contribution in [2.24, 2.45) is 0 Å². The van der Waals surface area contributed by atoms with E-state index in [9.17, 15) is 0 Å². The lowest BCUT2D eigenvalue weighted by atomic mass is 9.96. The van der Waals surface area contributed by atoms with Gasteiger partial charge in [0.25, 0.3) is 0 Å². The quantitative estimate of drug-likeness (QED) is 0.854. The molecule has 0 radical (unpaired) electrons. The number of ether oxygens (including phenoxy) is 1. The first-order chi connectivity index (χ1) is 9.88. The zero-order chi connectivity index (χ0) is 15.5. The normalized spacial score (nSPS) is 11.3. The van der Waals surface area contributed by atoms with Gasteiger partial charge in [-0.1, -0.05) is 26.8 Å². The molecule has 0 saturated carbocycles. The standard InChI is InChI=1S/C15H19BrN4O/c1-15(2,3)14-19-11(16)7-12(20-14)17-8-10-5-6-13(21-4)18-9-10/h5-7,9H,8H2,1-4H3,(H,17,19,20). The highest BCUT2D eigenvalue weighted by atomic mass is 79.9. The van der Waals surface area contributed by atoms with E-state index in [1.807, 2.05) is 18.2 Å². The number of pyridine rings is 1. The van der Waals surface area contributed by atoms with Crippen LogP contribution < -0.4 is 10.1 Å². The van der Waals surface area contributed by atoms with Crippen molar-refractivity contribution < 1.29 is 4.74 Å². The number of rotatable bonds is 4. The van der Waals surface area contributed by atoms with Gasteiger partial charge in [0.05, 0.1) is 7.11 Å². The highest BCUT2D eigenvalue weighted by molar-refractivity contribution is 9.10. The Bertz CT molecular complexity index is 608. The van der Waals surface area contributed by atoms with Crippen LogP contribution in [0.3, 0.4) is 0 Å². The number of nitrogens with one attached hydrogen (secondary N) is 1. The van der Waals surface area contributed by atoms with Crippen molar-refractivity contribution in [1.82, 2.24) is 15.0 Å². The number of anilines is 1. The maximum atomic E-state index is 5.04. The average molecular weight is 351 g/mol. The highest BCUT2D eigenvalue weighted by Crippen LogP contribution is 2.22. The Morgan fingerprint density at radius 2 is 2.00 bits per heavy atom. The lowest BCUT2D eigenvalue weighted by Gasteiger charge is -2.18. The summed E-state index contributed by atoms with van der Waals surface area (Å²) < 4.78 is 5.82. The molecule has 0 unspecified atom stereocenters. The van der Waals surface area contributed by atoms with Crippen LogP contribution in [0.4, 0.5) is 5.82 Å². The number of nitrogens with zero attached hydrogens (tertiary/aromatic N) is 3. The molecule has 1 N–H and O–H groups in total. The summed E-state index contributed by atoms with van der Waals surface area (Å²) in [5.41, 5.74) is 0.963. The lowest BCUT2D eigenvalue weighted by Crippen LogP contribution is -2.17. The molecule has 0 aliphatic rings. The summed E-state index contributed by atoms with van der Waals surface area (Å²) in [6.45, 7) is 6.91. The van der Waals surface area contributed by atoms with Crippen molar-refractivity contribution in [3.05, 3.63) is 40.4 Å². The van der Waals surface area contributed by atoms with Crippen molar-refractivity contribution in [3.8, 4) is 5.88 Å². The Labute approximate surface area is 133 Å². The predicted molar refractivity (Wildman–Crippen MR) is 86.5 cm³/mol. The molecule has 0 spiro atoms. The van der Waals surface area contributed by atoms with E-state index in [0.717, 1.165) is 21.8 Å². The smallest absolute Gasteiger partial charge is 0.212 e. The third-order valence-electron chi connectivity index (χ3n) is 2.85. The zero-order valence-corrected chi connectivity index (χ0v) is 14.2. The maximum absolute atomic E-state index is 5.04. The van der Waals surface area contributed by atoms with Gasteiger partial charge >= 0.3 is 0 Å². The van der Waals surface area contributed by atoms with Gasteiger partial charge in [0.1, 0.15) is 16.2 Å². The topological polar surface area (TPSA) is 59.9 Å². The van der Waals surface area contributed by atoms with Gasteiger partial charge in [-0.15, -0.1) is 0 Å². The molecule has 0 aliphatic carbocycles.